The van der Waals surface area contributed by atoms with Gasteiger partial charge < -0.3 is 0 Å². The normalized spacial score (nSPS) is 10.2. The molecule has 0 aliphatic carbocycles. The van der Waals surface area contributed by atoms with Crippen LogP contribution in [0.4, 0.5) is 5.13 Å². The third-order valence-corrected chi connectivity index (χ3v) is 2.33. The van der Waals surface area contributed by atoms with Gasteiger partial charge in [-0.2, -0.15) is 0 Å². The largest absolute Gasteiger partial charge is 0.297 e. The van der Waals surface area contributed by atoms with Crippen LogP contribution < -0.4 is 5.32 Å². The summed E-state index contributed by atoms with van der Waals surface area (Å²) in [4.78, 5) is 10.9. The van der Waals surface area contributed by atoms with Crippen LogP contribution in [0.15, 0.2) is 12.7 Å². The van der Waals surface area contributed by atoms with E-state index in [0.29, 0.717) is 11.0 Å². The van der Waals surface area contributed by atoms with Crippen LogP contribution >= 0.6 is 11.3 Å². The number of aromatic nitrogens is 2. The highest BCUT2D eigenvalue weighted by atomic mass is 32.1. The van der Waals surface area contributed by atoms with Crippen LogP contribution in [-0.2, 0) is 11.2 Å². The number of anilines is 1. The van der Waals surface area contributed by atoms with Gasteiger partial charge in [-0.05, 0) is 12.0 Å². The molecule has 0 aliphatic rings. The third-order valence-electron chi connectivity index (χ3n) is 1.47. The molecule has 0 radical (unpaired) electrons. The zero-order valence-corrected chi connectivity index (χ0v) is 9.10. The van der Waals surface area contributed by atoms with Gasteiger partial charge in [0.1, 0.15) is 5.01 Å². The van der Waals surface area contributed by atoms with Crippen LogP contribution in [0.3, 0.4) is 0 Å². The monoisotopic (exact) mass is 211 g/mol. The molecule has 1 rings (SSSR count). The van der Waals surface area contributed by atoms with Gasteiger partial charge in [-0.1, -0.05) is 31.8 Å². The van der Waals surface area contributed by atoms with E-state index in [9.17, 15) is 4.79 Å². The Kier molecular flexibility index (Phi) is 3.76. The standard InChI is InChI=1S/C9H13N3OS/c1-4-7(13)10-9-12-11-8(14-9)5-6(2)3/h4,6H,1,5H2,2-3H3,(H,10,12,13). The van der Waals surface area contributed by atoms with Crippen molar-refractivity contribution in [1.82, 2.24) is 10.2 Å². The number of carbonyl (C=O) groups excluding carboxylic acids is 1. The summed E-state index contributed by atoms with van der Waals surface area (Å²) in [5.41, 5.74) is 0. The van der Waals surface area contributed by atoms with Crippen LogP contribution in [0.1, 0.15) is 18.9 Å². The van der Waals surface area contributed by atoms with Gasteiger partial charge >= 0.3 is 0 Å². The minimum absolute atomic E-state index is 0.253. The minimum atomic E-state index is -0.253. The number of hydrogen-bond acceptors (Lipinski definition) is 4. The molecule has 0 saturated heterocycles. The minimum Gasteiger partial charge on any atom is -0.297 e. The van der Waals surface area contributed by atoms with Crippen molar-refractivity contribution in [3.63, 3.8) is 0 Å². The number of nitrogens with one attached hydrogen (secondary N) is 1. The van der Waals surface area contributed by atoms with Crippen molar-refractivity contribution in [3.05, 3.63) is 17.7 Å². The predicted molar refractivity (Wildman–Crippen MR) is 57.3 cm³/mol. The number of rotatable bonds is 4. The summed E-state index contributed by atoms with van der Waals surface area (Å²) in [5, 5.41) is 11.9. The quantitative estimate of drug-likeness (QED) is 0.773. The Morgan fingerprint density at radius 3 is 2.93 bits per heavy atom. The van der Waals surface area contributed by atoms with Crippen molar-refractivity contribution >= 4 is 22.4 Å². The van der Waals surface area contributed by atoms with E-state index < -0.39 is 0 Å². The molecule has 0 saturated carbocycles. The highest BCUT2D eigenvalue weighted by molar-refractivity contribution is 7.15. The summed E-state index contributed by atoms with van der Waals surface area (Å²) >= 11 is 1.40. The van der Waals surface area contributed by atoms with Crippen LogP contribution in [0.5, 0.6) is 0 Å². The van der Waals surface area contributed by atoms with Crippen molar-refractivity contribution in [3.8, 4) is 0 Å². The maximum atomic E-state index is 10.9. The molecule has 0 spiro atoms. The van der Waals surface area contributed by atoms with Gasteiger partial charge in [0.15, 0.2) is 0 Å². The van der Waals surface area contributed by atoms with E-state index >= 15 is 0 Å². The van der Waals surface area contributed by atoms with Crippen LogP contribution in [-0.4, -0.2) is 16.1 Å². The van der Waals surface area contributed by atoms with Gasteiger partial charge in [0.2, 0.25) is 11.0 Å². The first kappa shape index (κ1) is 10.8. The fourth-order valence-corrected chi connectivity index (χ4v) is 1.85. The Morgan fingerprint density at radius 1 is 1.64 bits per heavy atom. The number of carbonyl (C=O) groups is 1. The molecule has 0 fully saturated rings. The zero-order valence-electron chi connectivity index (χ0n) is 8.28. The van der Waals surface area contributed by atoms with E-state index in [1.165, 1.54) is 17.4 Å². The lowest BCUT2D eigenvalue weighted by Crippen LogP contribution is -2.06. The van der Waals surface area contributed by atoms with E-state index in [-0.39, 0.29) is 5.91 Å². The van der Waals surface area contributed by atoms with Crippen molar-refractivity contribution in [2.75, 3.05) is 5.32 Å². The summed E-state index contributed by atoms with van der Waals surface area (Å²) in [6, 6.07) is 0. The summed E-state index contributed by atoms with van der Waals surface area (Å²) in [7, 11) is 0. The molecular weight excluding hydrogens is 198 g/mol. The lowest BCUT2D eigenvalue weighted by molar-refractivity contribution is -0.111. The molecule has 1 aromatic rings. The molecule has 0 bridgehead atoms. The average Bonchev–Trinajstić information content (AvgIpc) is 2.51. The van der Waals surface area contributed by atoms with Gasteiger partial charge in [-0.25, -0.2) is 0 Å². The lowest BCUT2D eigenvalue weighted by Gasteiger charge is -1.97. The maximum Gasteiger partial charge on any atom is 0.249 e. The van der Waals surface area contributed by atoms with Gasteiger partial charge in [-0.3, -0.25) is 10.1 Å². The molecule has 14 heavy (non-hydrogen) atoms. The van der Waals surface area contributed by atoms with Crippen LogP contribution in [0.25, 0.3) is 0 Å². The Labute approximate surface area is 87.1 Å². The number of nitrogens with zero attached hydrogens (tertiary/aromatic N) is 2. The van der Waals surface area contributed by atoms with Crippen molar-refractivity contribution in [2.24, 2.45) is 5.92 Å². The first-order valence-corrected chi connectivity index (χ1v) is 5.19. The Balaban J connectivity index is 2.59. The van der Waals surface area contributed by atoms with Crippen LogP contribution in [0, 0.1) is 5.92 Å². The molecule has 0 aromatic carbocycles. The highest BCUT2D eigenvalue weighted by Crippen LogP contribution is 2.17. The molecule has 1 amide bonds. The molecule has 4 nitrogen and oxygen atoms in total. The number of hydrogen-bond donors (Lipinski definition) is 1. The van der Waals surface area contributed by atoms with Crippen molar-refractivity contribution in [1.29, 1.82) is 0 Å². The second-order valence-corrected chi connectivity index (χ2v) is 4.35. The molecule has 76 valence electrons. The molecule has 1 N–H and O–H groups in total. The highest BCUT2D eigenvalue weighted by Gasteiger charge is 2.06. The fraction of sp³-hybridized carbons (Fsp3) is 0.444. The molecule has 0 atom stereocenters. The first-order chi connectivity index (χ1) is 6.61. The second kappa shape index (κ2) is 4.85. The summed E-state index contributed by atoms with van der Waals surface area (Å²) < 4.78 is 0. The smallest absolute Gasteiger partial charge is 0.249 e. The van der Waals surface area contributed by atoms with Gasteiger partial charge in [0, 0.05) is 6.42 Å². The van der Waals surface area contributed by atoms with E-state index in [1.807, 2.05) is 0 Å². The molecule has 5 heteroatoms. The summed E-state index contributed by atoms with van der Waals surface area (Å²) in [6.45, 7) is 7.59. The Morgan fingerprint density at radius 2 is 2.36 bits per heavy atom. The summed E-state index contributed by atoms with van der Waals surface area (Å²) in [5.74, 6) is 0.295. The van der Waals surface area contributed by atoms with Crippen molar-refractivity contribution in [2.45, 2.75) is 20.3 Å². The first-order valence-electron chi connectivity index (χ1n) is 4.37. The fourth-order valence-electron chi connectivity index (χ4n) is 0.892. The SMILES string of the molecule is C=CC(=O)Nc1nnc(CC(C)C)s1. The van der Waals surface area contributed by atoms with Crippen LogP contribution in [0.2, 0.25) is 0 Å². The Bertz CT molecular complexity index is 333. The van der Waals surface area contributed by atoms with Gasteiger partial charge in [-0.15, -0.1) is 10.2 Å². The Hall–Kier alpha value is -1.23. The molecule has 1 heterocycles. The molecule has 0 unspecified atom stereocenters. The van der Waals surface area contributed by atoms with E-state index in [4.69, 9.17) is 0 Å². The number of amides is 1. The topological polar surface area (TPSA) is 54.9 Å². The molecule has 1 aromatic heterocycles. The van der Waals surface area contributed by atoms with E-state index in [2.05, 4.69) is 35.9 Å². The second-order valence-electron chi connectivity index (χ2n) is 3.29. The van der Waals surface area contributed by atoms with Gasteiger partial charge in [0.05, 0.1) is 0 Å². The van der Waals surface area contributed by atoms with E-state index in [1.54, 1.807) is 0 Å². The maximum absolute atomic E-state index is 10.9. The van der Waals surface area contributed by atoms with Crippen molar-refractivity contribution < 1.29 is 4.79 Å². The zero-order chi connectivity index (χ0) is 10.6. The lowest BCUT2D eigenvalue weighted by atomic mass is 10.1. The molecule has 0 aliphatic heterocycles. The molecular formula is C9H13N3OS. The third kappa shape index (κ3) is 3.26. The summed E-state index contributed by atoms with van der Waals surface area (Å²) in [6.07, 6.45) is 2.10. The average molecular weight is 211 g/mol. The predicted octanol–water partition coefficient (Wildman–Crippen LogP) is 1.86. The van der Waals surface area contributed by atoms with E-state index in [0.717, 1.165) is 11.4 Å². The van der Waals surface area contributed by atoms with Gasteiger partial charge in [0.25, 0.3) is 0 Å².